The van der Waals surface area contributed by atoms with Gasteiger partial charge in [0.1, 0.15) is 5.78 Å². The summed E-state index contributed by atoms with van der Waals surface area (Å²) in [5.74, 6) is 0.442. The van der Waals surface area contributed by atoms with Crippen LogP contribution < -0.4 is 0 Å². The third-order valence-electron chi connectivity index (χ3n) is 3.10. The number of aryl methyl sites for hydroxylation is 1. The number of ketones is 1. The van der Waals surface area contributed by atoms with Crippen LogP contribution in [0, 0.1) is 0 Å². The predicted octanol–water partition coefficient (Wildman–Crippen LogP) is 4.92. The fourth-order valence-electron chi connectivity index (χ4n) is 2.01. The molecule has 0 fully saturated rings. The van der Waals surface area contributed by atoms with E-state index >= 15 is 0 Å². The van der Waals surface area contributed by atoms with Gasteiger partial charge in [0.25, 0.3) is 0 Å². The summed E-state index contributed by atoms with van der Waals surface area (Å²) in [6.07, 6.45) is 8.20. The van der Waals surface area contributed by atoms with E-state index in [1.54, 1.807) is 0 Å². The monoisotopic (exact) mass is 310 g/mol. The maximum atomic E-state index is 11.6. The van der Waals surface area contributed by atoms with Crippen molar-refractivity contribution in [2.45, 2.75) is 51.4 Å². The second-order valence-electron chi connectivity index (χ2n) is 4.73. The Kier molecular flexibility index (Phi) is 8.83. The minimum atomic E-state index is 0.442. The van der Waals surface area contributed by atoms with Gasteiger partial charge in [0.05, 0.1) is 0 Å². The summed E-state index contributed by atoms with van der Waals surface area (Å²) >= 11 is 3.41. The first-order chi connectivity index (χ1) is 8.83. The number of alkyl halides is 1. The molecular weight excluding hydrogens is 288 g/mol. The molecule has 0 aliphatic rings. The quantitative estimate of drug-likeness (QED) is 0.442. The highest BCUT2D eigenvalue weighted by Gasteiger charge is 2.01. The highest BCUT2D eigenvalue weighted by molar-refractivity contribution is 9.09. The molecule has 1 nitrogen and oxygen atoms in total. The van der Waals surface area contributed by atoms with Gasteiger partial charge >= 0.3 is 0 Å². The van der Waals surface area contributed by atoms with Gasteiger partial charge in [-0.15, -0.1) is 0 Å². The van der Waals surface area contributed by atoms with Gasteiger partial charge in [-0.25, -0.2) is 0 Å². The van der Waals surface area contributed by atoms with E-state index in [4.69, 9.17) is 0 Å². The lowest BCUT2D eigenvalue weighted by Gasteiger charge is -2.02. The van der Waals surface area contributed by atoms with Crippen LogP contribution in [0.3, 0.4) is 0 Å². The lowest BCUT2D eigenvalue weighted by Crippen LogP contribution is -1.98. The normalized spacial score (nSPS) is 10.5. The van der Waals surface area contributed by atoms with Crippen molar-refractivity contribution in [1.29, 1.82) is 0 Å². The van der Waals surface area contributed by atoms with Crippen molar-refractivity contribution < 1.29 is 4.79 Å². The fraction of sp³-hybridized carbons (Fsp3) is 0.562. The third kappa shape index (κ3) is 7.65. The molecule has 18 heavy (non-hydrogen) atoms. The molecule has 0 aromatic heterocycles. The van der Waals surface area contributed by atoms with Crippen LogP contribution in [0.25, 0.3) is 0 Å². The summed E-state index contributed by atoms with van der Waals surface area (Å²) in [6, 6.07) is 10.5. The molecule has 2 heteroatoms. The zero-order valence-corrected chi connectivity index (χ0v) is 12.6. The molecule has 0 saturated heterocycles. The molecule has 1 aromatic carbocycles. The maximum Gasteiger partial charge on any atom is 0.132 e. The van der Waals surface area contributed by atoms with Gasteiger partial charge in [0.2, 0.25) is 0 Å². The van der Waals surface area contributed by atoms with Gasteiger partial charge in [-0.1, -0.05) is 52.7 Å². The van der Waals surface area contributed by atoms with Crippen molar-refractivity contribution >= 4 is 21.7 Å². The Morgan fingerprint density at radius 1 is 0.889 bits per heavy atom. The number of carbonyl (C=O) groups excluding carboxylic acids is 1. The molecule has 100 valence electrons. The van der Waals surface area contributed by atoms with Crippen LogP contribution in [-0.2, 0) is 11.2 Å². The molecular formula is C16H23BrO. The Bertz CT molecular complexity index is 321. The maximum absolute atomic E-state index is 11.6. The molecule has 1 aromatic rings. The first kappa shape index (κ1) is 15.4. The number of halogens is 1. The Morgan fingerprint density at radius 2 is 1.56 bits per heavy atom. The Hall–Kier alpha value is -0.630. The van der Waals surface area contributed by atoms with Crippen molar-refractivity contribution in [3.05, 3.63) is 35.9 Å². The van der Waals surface area contributed by atoms with Gasteiger partial charge in [-0.05, 0) is 37.7 Å². The lowest BCUT2D eigenvalue weighted by molar-refractivity contribution is -0.119. The van der Waals surface area contributed by atoms with E-state index in [1.807, 2.05) is 6.07 Å². The van der Waals surface area contributed by atoms with E-state index < -0.39 is 0 Å². The number of carbonyl (C=O) groups is 1. The summed E-state index contributed by atoms with van der Waals surface area (Å²) in [5, 5.41) is 1.05. The summed E-state index contributed by atoms with van der Waals surface area (Å²) in [5.41, 5.74) is 1.38. The Morgan fingerprint density at radius 3 is 2.22 bits per heavy atom. The number of benzene rings is 1. The molecule has 0 N–H and O–H groups in total. The van der Waals surface area contributed by atoms with Crippen LogP contribution in [0.5, 0.6) is 0 Å². The smallest absolute Gasteiger partial charge is 0.132 e. The zero-order valence-electron chi connectivity index (χ0n) is 11.0. The first-order valence-electron chi connectivity index (χ1n) is 6.94. The zero-order chi connectivity index (χ0) is 13.1. The molecule has 0 saturated carbocycles. The molecule has 0 bridgehead atoms. The summed E-state index contributed by atoms with van der Waals surface area (Å²) in [6.45, 7) is 0. The van der Waals surface area contributed by atoms with Crippen LogP contribution in [0.2, 0.25) is 0 Å². The van der Waals surface area contributed by atoms with Crippen molar-refractivity contribution in [2.24, 2.45) is 0 Å². The second-order valence-corrected chi connectivity index (χ2v) is 5.52. The fourth-order valence-corrected chi connectivity index (χ4v) is 2.41. The van der Waals surface area contributed by atoms with Crippen molar-refractivity contribution in [3.8, 4) is 0 Å². The molecule has 0 aliphatic carbocycles. The number of hydrogen-bond acceptors (Lipinski definition) is 1. The van der Waals surface area contributed by atoms with E-state index in [0.717, 1.165) is 43.9 Å². The standard InChI is InChI=1S/C16H23BrO/c17-14-8-2-5-12-16(18)13-7-6-11-15-9-3-1-4-10-15/h1,3-4,9-10H,2,5-8,11-14H2. The van der Waals surface area contributed by atoms with E-state index in [1.165, 1.54) is 18.4 Å². The minimum Gasteiger partial charge on any atom is -0.300 e. The van der Waals surface area contributed by atoms with E-state index in [-0.39, 0.29) is 0 Å². The Balaban J connectivity index is 1.99. The average molecular weight is 311 g/mol. The third-order valence-corrected chi connectivity index (χ3v) is 3.66. The SMILES string of the molecule is O=C(CCCCCBr)CCCCc1ccccc1. The number of Topliss-reactive ketones (excluding diaryl/α,β-unsaturated/α-hetero) is 1. The van der Waals surface area contributed by atoms with Crippen LogP contribution in [0.1, 0.15) is 50.5 Å². The van der Waals surface area contributed by atoms with Crippen molar-refractivity contribution in [3.63, 3.8) is 0 Å². The topological polar surface area (TPSA) is 17.1 Å². The lowest BCUT2D eigenvalue weighted by atomic mass is 10.0. The van der Waals surface area contributed by atoms with Gasteiger partial charge in [0, 0.05) is 18.2 Å². The van der Waals surface area contributed by atoms with Crippen LogP contribution in [0.4, 0.5) is 0 Å². The average Bonchev–Trinajstić information content (AvgIpc) is 2.41. The van der Waals surface area contributed by atoms with Crippen LogP contribution in [-0.4, -0.2) is 11.1 Å². The second kappa shape index (κ2) is 10.3. The van der Waals surface area contributed by atoms with E-state index in [0.29, 0.717) is 5.78 Å². The highest BCUT2D eigenvalue weighted by Crippen LogP contribution is 2.09. The molecule has 1 rings (SSSR count). The summed E-state index contributed by atoms with van der Waals surface area (Å²) < 4.78 is 0. The molecule has 0 aliphatic heterocycles. The summed E-state index contributed by atoms with van der Waals surface area (Å²) in [7, 11) is 0. The highest BCUT2D eigenvalue weighted by atomic mass is 79.9. The van der Waals surface area contributed by atoms with Crippen LogP contribution in [0.15, 0.2) is 30.3 Å². The number of rotatable bonds is 10. The molecule has 0 radical (unpaired) electrons. The molecule has 0 atom stereocenters. The predicted molar refractivity (Wildman–Crippen MR) is 81.3 cm³/mol. The minimum absolute atomic E-state index is 0.442. The largest absolute Gasteiger partial charge is 0.300 e. The van der Waals surface area contributed by atoms with Crippen molar-refractivity contribution in [2.75, 3.05) is 5.33 Å². The summed E-state index contributed by atoms with van der Waals surface area (Å²) in [4.78, 5) is 11.6. The molecule has 0 unspecified atom stereocenters. The Labute approximate surface area is 119 Å². The molecule has 0 spiro atoms. The molecule has 0 amide bonds. The van der Waals surface area contributed by atoms with Gasteiger partial charge in [-0.2, -0.15) is 0 Å². The number of unbranched alkanes of at least 4 members (excludes halogenated alkanes) is 3. The molecule has 0 heterocycles. The first-order valence-corrected chi connectivity index (χ1v) is 8.06. The van der Waals surface area contributed by atoms with E-state index in [2.05, 4.69) is 40.2 Å². The van der Waals surface area contributed by atoms with Crippen molar-refractivity contribution in [1.82, 2.24) is 0 Å². The van der Waals surface area contributed by atoms with Crippen LogP contribution >= 0.6 is 15.9 Å². The van der Waals surface area contributed by atoms with Gasteiger partial charge in [-0.3, -0.25) is 4.79 Å². The van der Waals surface area contributed by atoms with E-state index in [9.17, 15) is 4.79 Å². The van der Waals surface area contributed by atoms with Gasteiger partial charge in [0.15, 0.2) is 0 Å². The van der Waals surface area contributed by atoms with Gasteiger partial charge < -0.3 is 0 Å². The number of hydrogen-bond donors (Lipinski definition) is 0.